The molecule has 0 atom stereocenters. The number of carbonyl (C=O) groups excluding carboxylic acids is 1. The standard InChI is InChI=1S/C8H10N2O3S/c1-5(11)7(8(12)13-3)6-4-10(2)9-14-6/h4H,1-3H3/p+1. The summed E-state index contributed by atoms with van der Waals surface area (Å²) in [6.45, 7) is 1.44. The maximum absolute atomic E-state index is 11.3. The van der Waals surface area contributed by atoms with Gasteiger partial charge < -0.3 is 9.84 Å². The summed E-state index contributed by atoms with van der Waals surface area (Å²) >= 11 is 1.12. The maximum Gasteiger partial charge on any atom is 0.343 e. The summed E-state index contributed by atoms with van der Waals surface area (Å²) in [5, 5.41) is 9.32. The molecule has 0 saturated heterocycles. The van der Waals surface area contributed by atoms with Crippen molar-refractivity contribution in [1.82, 2.24) is 4.49 Å². The van der Waals surface area contributed by atoms with E-state index in [9.17, 15) is 9.90 Å². The number of aryl methyl sites for hydroxylation is 1. The second-order valence-corrected chi connectivity index (χ2v) is 3.48. The van der Waals surface area contributed by atoms with Gasteiger partial charge in [-0.3, -0.25) is 0 Å². The fraction of sp³-hybridized carbons (Fsp3) is 0.375. The van der Waals surface area contributed by atoms with Gasteiger partial charge in [0.1, 0.15) is 16.2 Å². The van der Waals surface area contributed by atoms with Crippen LogP contribution < -0.4 is 4.68 Å². The third kappa shape index (κ3) is 2.08. The van der Waals surface area contributed by atoms with E-state index in [0.717, 1.165) is 11.5 Å². The number of allylic oxidation sites excluding steroid dienone is 1. The second kappa shape index (κ2) is 4.19. The van der Waals surface area contributed by atoms with E-state index in [4.69, 9.17) is 0 Å². The molecular weight excluding hydrogens is 204 g/mol. The van der Waals surface area contributed by atoms with E-state index in [1.165, 1.54) is 14.0 Å². The molecule has 0 amide bonds. The molecule has 0 aliphatic heterocycles. The molecule has 0 bridgehead atoms. The van der Waals surface area contributed by atoms with Crippen LogP contribution in [0, 0.1) is 0 Å². The molecule has 0 spiro atoms. The normalized spacial score (nSPS) is 12.2. The van der Waals surface area contributed by atoms with E-state index in [2.05, 4.69) is 9.23 Å². The van der Waals surface area contributed by atoms with Gasteiger partial charge in [0.15, 0.2) is 7.05 Å². The highest BCUT2D eigenvalue weighted by Crippen LogP contribution is 2.20. The predicted octanol–water partition coefficient (Wildman–Crippen LogP) is 0.430. The topological polar surface area (TPSA) is 63.3 Å². The first-order valence-corrected chi connectivity index (χ1v) is 4.64. The lowest BCUT2D eigenvalue weighted by Crippen LogP contribution is -2.27. The molecule has 6 heteroatoms. The maximum atomic E-state index is 11.3. The number of methoxy groups -OCH3 is 1. The summed E-state index contributed by atoms with van der Waals surface area (Å²) in [5.41, 5.74) is 0.158. The molecule has 0 fully saturated rings. The third-order valence-electron chi connectivity index (χ3n) is 1.57. The molecule has 0 aliphatic carbocycles. The number of rotatable bonds is 2. The zero-order valence-electron chi connectivity index (χ0n) is 8.14. The van der Waals surface area contributed by atoms with Crippen molar-refractivity contribution in [1.29, 1.82) is 0 Å². The van der Waals surface area contributed by atoms with Crippen molar-refractivity contribution >= 4 is 23.1 Å². The van der Waals surface area contributed by atoms with Crippen LogP contribution in [0.3, 0.4) is 0 Å². The summed E-state index contributed by atoms with van der Waals surface area (Å²) in [7, 11) is 3.01. The lowest BCUT2D eigenvalue weighted by atomic mass is 10.2. The second-order valence-electron chi connectivity index (χ2n) is 2.69. The van der Waals surface area contributed by atoms with Gasteiger partial charge in [-0.2, -0.15) is 0 Å². The van der Waals surface area contributed by atoms with Gasteiger partial charge in [0, 0.05) is 11.5 Å². The van der Waals surface area contributed by atoms with Crippen molar-refractivity contribution in [3.63, 3.8) is 0 Å². The fourth-order valence-corrected chi connectivity index (χ4v) is 1.75. The van der Waals surface area contributed by atoms with E-state index in [-0.39, 0.29) is 11.3 Å². The van der Waals surface area contributed by atoms with E-state index in [1.54, 1.807) is 17.9 Å². The third-order valence-corrected chi connectivity index (χ3v) is 2.42. The Kier molecular flexibility index (Phi) is 3.19. The Labute approximate surface area is 85.4 Å². The van der Waals surface area contributed by atoms with Crippen LogP contribution in [0.2, 0.25) is 0 Å². The molecule has 1 heterocycles. The minimum absolute atomic E-state index is 0.0684. The molecule has 0 saturated carbocycles. The van der Waals surface area contributed by atoms with Crippen LogP contribution in [0.15, 0.2) is 12.0 Å². The molecule has 5 nitrogen and oxygen atoms in total. The number of aliphatic hydroxyl groups excluding tert-OH is 1. The van der Waals surface area contributed by atoms with Crippen molar-refractivity contribution in [2.45, 2.75) is 6.92 Å². The molecule has 76 valence electrons. The average Bonchev–Trinajstić information content (AvgIpc) is 2.51. The Balaban J connectivity index is 3.15. The first kappa shape index (κ1) is 10.6. The van der Waals surface area contributed by atoms with Gasteiger partial charge in [-0.05, 0) is 6.92 Å². The van der Waals surface area contributed by atoms with Gasteiger partial charge in [0.25, 0.3) is 0 Å². The monoisotopic (exact) mass is 215 g/mol. The number of aromatic nitrogens is 2. The first-order chi connectivity index (χ1) is 6.56. The summed E-state index contributed by atoms with van der Waals surface area (Å²) < 4.78 is 10.1. The quantitative estimate of drug-likeness (QED) is 0.336. The van der Waals surface area contributed by atoms with Crippen LogP contribution in [0.25, 0.3) is 5.57 Å². The Bertz CT molecular complexity index is 380. The van der Waals surface area contributed by atoms with Crippen molar-refractivity contribution in [3.05, 3.63) is 16.8 Å². The van der Waals surface area contributed by atoms with Gasteiger partial charge in [0.2, 0.25) is 6.20 Å². The van der Waals surface area contributed by atoms with Crippen molar-refractivity contribution in [2.75, 3.05) is 7.11 Å². The number of ether oxygens (including phenoxy) is 1. The van der Waals surface area contributed by atoms with Crippen molar-refractivity contribution in [2.24, 2.45) is 7.05 Å². The largest absolute Gasteiger partial charge is 0.512 e. The molecule has 0 aromatic carbocycles. The van der Waals surface area contributed by atoms with Gasteiger partial charge in [-0.15, -0.1) is 0 Å². The average molecular weight is 215 g/mol. The lowest BCUT2D eigenvalue weighted by Gasteiger charge is -2.00. The number of carbonyl (C=O) groups is 1. The number of esters is 1. The number of hydrogen-bond donors (Lipinski definition) is 1. The van der Waals surface area contributed by atoms with Crippen LogP contribution in [-0.4, -0.2) is 22.7 Å². The Morgan fingerprint density at radius 3 is 2.71 bits per heavy atom. The van der Waals surface area contributed by atoms with Crippen LogP contribution >= 0.6 is 11.5 Å². The molecule has 1 aromatic heterocycles. The molecule has 0 radical (unpaired) electrons. The highest BCUT2D eigenvalue weighted by atomic mass is 32.1. The minimum atomic E-state index is -0.561. The highest BCUT2D eigenvalue weighted by Gasteiger charge is 2.21. The van der Waals surface area contributed by atoms with E-state index >= 15 is 0 Å². The highest BCUT2D eigenvalue weighted by molar-refractivity contribution is 7.07. The Morgan fingerprint density at radius 2 is 2.36 bits per heavy atom. The number of aliphatic hydroxyl groups is 1. The number of nitrogens with zero attached hydrogens (tertiary/aromatic N) is 2. The number of hydrogen-bond acceptors (Lipinski definition) is 5. The first-order valence-electron chi connectivity index (χ1n) is 3.87. The molecule has 1 aromatic rings. The summed E-state index contributed by atoms with van der Waals surface area (Å²) in [4.78, 5) is 11.9. The molecule has 0 aliphatic rings. The van der Waals surface area contributed by atoms with Crippen molar-refractivity contribution in [3.8, 4) is 0 Å². The molecule has 1 N–H and O–H groups in total. The summed E-state index contributed by atoms with van der Waals surface area (Å²) in [6.07, 6.45) is 1.65. The van der Waals surface area contributed by atoms with E-state index in [1.807, 2.05) is 0 Å². The minimum Gasteiger partial charge on any atom is -0.512 e. The van der Waals surface area contributed by atoms with Crippen LogP contribution in [0.4, 0.5) is 0 Å². The zero-order chi connectivity index (χ0) is 10.7. The van der Waals surface area contributed by atoms with Gasteiger partial charge in [-0.1, -0.05) is 4.68 Å². The SMILES string of the molecule is COC(=O)/C(=C(\C)O)c1c[n+](C)ns1. The Morgan fingerprint density at radius 1 is 1.71 bits per heavy atom. The molecular formula is C8H11N2O3S+. The van der Waals surface area contributed by atoms with Crippen LogP contribution in [0.5, 0.6) is 0 Å². The zero-order valence-corrected chi connectivity index (χ0v) is 8.96. The van der Waals surface area contributed by atoms with Gasteiger partial charge in [-0.25, -0.2) is 4.79 Å². The van der Waals surface area contributed by atoms with Crippen LogP contribution in [-0.2, 0) is 16.6 Å². The summed E-state index contributed by atoms with van der Waals surface area (Å²) in [5.74, 6) is -0.629. The summed E-state index contributed by atoms with van der Waals surface area (Å²) in [6, 6.07) is 0. The van der Waals surface area contributed by atoms with Crippen molar-refractivity contribution < 1.29 is 19.3 Å². The smallest absolute Gasteiger partial charge is 0.343 e. The van der Waals surface area contributed by atoms with E-state index in [0.29, 0.717) is 4.88 Å². The molecule has 1 rings (SSSR count). The van der Waals surface area contributed by atoms with E-state index < -0.39 is 5.97 Å². The molecule has 0 unspecified atom stereocenters. The van der Waals surface area contributed by atoms with Crippen LogP contribution in [0.1, 0.15) is 11.8 Å². The molecule has 14 heavy (non-hydrogen) atoms. The predicted molar refractivity (Wildman–Crippen MR) is 50.5 cm³/mol. The van der Waals surface area contributed by atoms with Gasteiger partial charge in [0.05, 0.1) is 11.6 Å². The fourth-order valence-electron chi connectivity index (χ4n) is 0.964. The van der Waals surface area contributed by atoms with Gasteiger partial charge >= 0.3 is 5.97 Å². The Hall–Kier alpha value is -1.43. The lowest BCUT2D eigenvalue weighted by molar-refractivity contribution is -0.722.